The van der Waals surface area contributed by atoms with Gasteiger partial charge in [-0.2, -0.15) is 0 Å². The molecule has 1 aliphatic rings. The second-order valence-electron chi connectivity index (χ2n) is 7.68. The molecule has 0 amide bonds. The van der Waals surface area contributed by atoms with Crippen molar-refractivity contribution in [1.82, 2.24) is 20.3 Å². The first-order valence-corrected chi connectivity index (χ1v) is 10.5. The van der Waals surface area contributed by atoms with Crippen LogP contribution in [0, 0.1) is 11.8 Å². The minimum atomic E-state index is -0.607. The lowest BCUT2D eigenvalue weighted by Gasteiger charge is -2.28. The van der Waals surface area contributed by atoms with E-state index in [0.29, 0.717) is 36.3 Å². The van der Waals surface area contributed by atoms with Gasteiger partial charge in [-0.3, -0.25) is 4.98 Å². The summed E-state index contributed by atoms with van der Waals surface area (Å²) in [5.41, 5.74) is 3.57. The summed E-state index contributed by atoms with van der Waals surface area (Å²) in [5, 5.41) is 16.9. The smallest absolute Gasteiger partial charge is 0.224 e. The van der Waals surface area contributed by atoms with Crippen molar-refractivity contribution < 1.29 is 9.84 Å². The van der Waals surface area contributed by atoms with E-state index >= 15 is 0 Å². The van der Waals surface area contributed by atoms with Gasteiger partial charge >= 0.3 is 0 Å². The van der Waals surface area contributed by atoms with Crippen LogP contribution in [-0.2, 0) is 4.74 Å². The number of hydrogen-bond donors (Lipinski definition) is 3. The van der Waals surface area contributed by atoms with Crippen LogP contribution in [-0.4, -0.2) is 52.5 Å². The van der Waals surface area contributed by atoms with Crippen LogP contribution in [0.4, 0.5) is 5.95 Å². The predicted octanol–water partition coefficient (Wildman–Crippen LogP) is 2.89. The van der Waals surface area contributed by atoms with E-state index in [1.165, 1.54) is 6.20 Å². The van der Waals surface area contributed by atoms with E-state index in [9.17, 15) is 5.11 Å². The fourth-order valence-corrected chi connectivity index (χ4v) is 3.58. The molecule has 2 aromatic rings. The maximum absolute atomic E-state index is 10.1. The highest BCUT2D eigenvalue weighted by atomic mass is 35.5. The van der Waals surface area contributed by atoms with Crippen LogP contribution in [0.1, 0.15) is 61.5 Å². The molecule has 0 aromatic carbocycles. The third-order valence-corrected chi connectivity index (χ3v) is 5.47. The molecule has 0 bridgehead atoms. The lowest BCUT2D eigenvalue weighted by atomic mass is 9.91. The van der Waals surface area contributed by atoms with E-state index in [1.807, 2.05) is 13.2 Å². The first kappa shape index (κ1) is 22.4. The first-order valence-electron chi connectivity index (χ1n) is 10.1. The molecule has 0 radical (unpaired) electrons. The molecule has 3 N–H and O–H groups in total. The number of aromatic nitrogens is 3. The molecule has 160 valence electrons. The van der Waals surface area contributed by atoms with Crippen molar-refractivity contribution in [2.45, 2.75) is 51.3 Å². The Morgan fingerprint density at radius 1 is 1.23 bits per heavy atom. The van der Waals surface area contributed by atoms with Crippen molar-refractivity contribution in [3.8, 4) is 11.8 Å². The van der Waals surface area contributed by atoms with E-state index in [2.05, 4.69) is 58.2 Å². The molecule has 1 aliphatic heterocycles. The summed E-state index contributed by atoms with van der Waals surface area (Å²) in [6.07, 6.45) is 5.26. The minimum Gasteiger partial charge on any atom is -0.389 e. The molecular weight excluding hydrogens is 402 g/mol. The fourth-order valence-electron chi connectivity index (χ4n) is 3.44. The van der Waals surface area contributed by atoms with Gasteiger partial charge in [-0.25, -0.2) is 9.97 Å². The summed E-state index contributed by atoms with van der Waals surface area (Å²) in [5.74, 6) is 6.95. The van der Waals surface area contributed by atoms with Crippen LogP contribution >= 0.6 is 11.6 Å². The minimum absolute atomic E-state index is 0.168. The zero-order valence-electron chi connectivity index (χ0n) is 17.7. The Morgan fingerprint density at radius 2 is 2.03 bits per heavy atom. The fraction of sp³-hybridized carbons (Fsp3) is 0.500. The summed E-state index contributed by atoms with van der Waals surface area (Å²) in [6.45, 7) is 7.27. The van der Waals surface area contributed by atoms with Crippen LogP contribution in [0.2, 0.25) is 5.02 Å². The molecule has 1 fully saturated rings. The molecule has 3 heterocycles. The summed E-state index contributed by atoms with van der Waals surface area (Å²) < 4.78 is 5.26. The van der Waals surface area contributed by atoms with Gasteiger partial charge in [0.1, 0.15) is 5.69 Å². The number of nitrogens with one attached hydrogen (secondary N) is 2. The summed E-state index contributed by atoms with van der Waals surface area (Å²) in [7, 11) is 1.93. The van der Waals surface area contributed by atoms with E-state index < -0.39 is 6.10 Å². The molecule has 3 atom stereocenters. The zero-order chi connectivity index (χ0) is 21.7. The Kier molecular flexibility index (Phi) is 7.62. The van der Waals surface area contributed by atoms with Gasteiger partial charge < -0.3 is 20.5 Å². The SMILES string of the molecule is CN[C@H](C)c1cncc(C#Cc2nc(N[C@@H]3CCOC[C@H]3O)ncc2Cl)c1C(C)C. The molecule has 0 spiro atoms. The van der Waals surface area contributed by atoms with Gasteiger partial charge in [0.05, 0.1) is 30.0 Å². The monoisotopic (exact) mass is 429 g/mol. The number of halogens is 1. The van der Waals surface area contributed by atoms with Crippen molar-refractivity contribution in [3.63, 3.8) is 0 Å². The molecule has 0 unspecified atom stereocenters. The van der Waals surface area contributed by atoms with Gasteiger partial charge in [-0.1, -0.05) is 31.4 Å². The second-order valence-corrected chi connectivity index (χ2v) is 8.08. The molecule has 3 rings (SSSR count). The van der Waals surface area contributed by atoms with E-state index in [-0.39, 0.29) is 18.0 Å². The lowest BCUT2D eigenvalue weighted by molar-refractivity contribution is -0.0136. The number of nitrogens with zero attached hydrogens (tertiary/aromatic N) is 3. The highest BCUT2D eigenvalue weighted by Crippen LogP contribution is 2.27. The highest BCUT2D eigenvalue weighted by Gasteiger charge is 2.24. The van der Waals surface area contributed by atoms with E-state index in [4.69, 9.17) is 16.3 Å². The topological polar surface area (TPSA) is 92.2 Å². The quantitative estimate of drug-likeness (QED) is 0.629. The standard InChI is InChI=1S/C22H28ClN5O2/c1-13(2)21-15(9-25-10-16(21)14(3)24-4)5-6-18-17(23)11-26-22(27-18)28-19-7-8-30-12-20(19)29/h9-11,13-14,19-20,24,29H,7-8,12H2,1-4H3,(H,26,27,28)/t14-,19-,20-/m1/s1. The van der Waals surface area contributed by atoms with Gasteiger partial charge in [0.25, 0.3) is 0 Å². The summed E-state index contributed by atoms with van der Waals surface area (Å²) >= 11 is 6.29. The maximum atomic E-state index is 10.1. The Morgan fingerprint density at radius 3 is 2.73 bits per heavy atom. The Hall–Kier alpha value is -2.24. The molecule has 8 heteroatoms. The first-order chi connectivity index (χ1) is 14.4. The van der Waals surface area contributed by atoms with E-state index in [1.54, 1.807) is 6.20 Å². The second kappa shape index (κ2) is 10.2. The van der Waals surface area contributed by atoms with Crippen molar-refractivity contribution in [2.75, 3.05) is 25.6 Å². The summed E-state index contributed by atoms with van der Waals surface area (Å²) in [4.78, 5) is 13.0. The van der Waals surface area contributed by atoms with Gasteiger partial charge in [-0.05, 0) is 43.4 Å². The number of anilines is 1. The van der Waals surface area contributed by atoms with E-state index in [0.717, 1.165) is 16.7 Å². The van der Waals surface area contributed by atoms with Gasteiger partial charge in [0.2, 0.25) is 5.95 Å². The third-order valence-electron chi connectivity index (χ3n) is 5.20. The van der Waals surface area contributed by atoms with Crippen molar-refractivity contribution >= 4 is 17.5 Å². The molecule has 0 aliphatic carbocycles. The van der Waals surface area contributed by atoms with Crippen LogP contribution in [0.15, 0.2) is 18.6 Å². The van der Waals surface area contributed by atoms with Crippen LogP contribution in [0.5, 0.6) is 0 Å². The number of hydrogen-bond acceptors (Lipinski definition) is 7. The predicted molar refractivity (Wildman–Crippen MR) is 118 cm³/mol. The van der Waals surface area contributed by atoms with Gasteiger partial charge in [-0.15, -0.1) is 0 Å². The van der Waals surface area contributed by atoms with Crippen LogP contribution in [0.3, 0.4) is 0 Å². The number of pyridine rings is 1. The normalized spacial score (nSPS) is 19.8. The number of aliphatic hydroxyl groups excluding tert-OH is 1. The van der Waals surface area contributed by atoms with Crippen LogP contribution < -0.4 is 10.6 Å². The van der Waals surface area contributed by atoms with Crippen molar-refractivity contribution in [3.05, 3.63) is 46.0 Å². The third kappa shape index (κ3) is 5.27. The lowest BCUT2D eigenvalue weighted by Crippen LogP contribution is -2.42. The average molecular weight is 430 g/mol. The largest absolute Gasteiger partial charge is 0.389 e. The Balaban J connectivity index is 1.91. The molecule has 0 saturated carbocycles. The average Bonchev–Trinajstić information content (AvgIpc) is 2.74. The maximum Gasteiger partial charge on any atom is 0.224 e. The van der Waals surface area contributed by atoms with Crippen molar-refractivity contribution in [2.24, 2.45) is 0 Å². The Bertz CT molecular complexity index is 941. The number of aliphatic hydroxyl groups is 1. The molecule has 2 aromatic heterocycles. The van der Waals surface area contributed by atoms with Gasteiger partial charge in [0, 0.05) is 30.6 Å². The number of rotatable bonds is 5. The molecule has 7 nitrogen and oxygen atoms in total. The zero-order valence-corrected chi connectivity index (χ0v) is 18.5. The molecular formula is C22H28ClN5O2. The Labute approximate surface area is 182 Å². The molecule has 30 heavy (non-hydrogen) atoms. The van der Waals surface area contributed by atoms with Crippen molar-refractivity contribution in [1.29, 1.82) is 0 Å². The number of ether oxygens (including phenoxy) is 1. The van der Waals surface area contributed by atoms with Gasteiger partial charge in [0.15, 0.2) is 0 Å². The highest BCUT2D eigenvalue weighted by molar-refractivity contribution is 6.31. The van der Waals surface area contributed by atoms with Crippen LogP contribution in [0.25, 0.3) is 0 Å². The summed E-state index contributed by atoms with van der Waals surface area (Å²) in [6, 6.07) is -0.00168. The molecule has 1 saturated heterocycles.